The van der Waals surface area contributed by atoms with Crippen LogP contribution in [-0.2, 0) is 0 Å². The maximum absolute atomic E-state index is 8.91. The van der Waals surface area contributed by atoms with Gasteiger partial charge in [-0.05, 0) is 26.2 Å². The van der Waals surface area contributed by atoms with Crippen LogP contribution in [0.15, 0.2) is 17.1 Å². The predicted octanol–water partition coefficient (Wildman–Crippen LogP) is 2.22. The third-order valence-corrected chi connectivity index (χ3v) is 2.91. The summed E-state index contributed by atoms with van der Waals surface area (Å²) in [6.07, 6.45) is 10.4. The van der Waals surface area contributed by atoms with E-state index in [1.165, 1.54) is 31.5 Å². The molecule has 0 aromatic rings. The Balaban J connectivity index is 2.07. The van der Waals surface area contributed by atoms with Crippen molar-refractivity contribution in [3.63, 3.8) is 0 Å². The molecule has 0 saturated carbocycles. The Morgan fingerprint density at radius 2 is 2.25 bits per heavy atom. The number of aliphatic hydroxyl groups is 1. The van der Waals surface area contributed by atoms with Crippen molar-refractivity contribution >= 4 is 5.84 Å². The van der Waals surface area contributed by atoms with Crippen LogP contribution >= 0.6 is 0 Å². The summed E-state index contributed by atoms with van der Waals surface area (Å²) < 4.78 is 0. The second kappa shape index (κ2) is 8.34. The second-order valence-electron chi connectivity index (χ2n) is 4.18. The molecule has 0 bridgehead atoms. The van der Waals surface area contributed by atoms with Gasteiger partial charge in [-0.25, -0.2) is 0 Å². The first kappa shape index (κ1) is 13.2. The highest BCUT2D eigenvalue weighted by Crippen LogP contribution is 2.10. The zero-order valence-corrected chi connectivity index (χ0v) is 10.4. The largest absolute Gasteiger partial charge is 0.395 e. The summed E-state index contributed by atoms with van der Waals surface area (Å²) in [6.45, 7) is 4.96. The summed E-state index contributed by atoms with van der Waals surface area (Å²) in [5, 5.41) is 8.91. The number of rotatable bonds is 8. The molecule has 1 rings (SSSR count). The van der Waals surface area contributed by atoms with Gasteiger partial charge < -0.3 is 10.0 Å². The van der Waals surface area contributed by atoms with Crippen LogP contribution in [0.4, 0.5) is 0 Å². The highest BCUT2D eigenvalue weighted by atomic mass is 16.3. The topological polar surface area (TPSA) is 35.8 Å². The van der Waals surface area contributed by atoms with Gasteiger partial charge in [0.15, 0.2) is 0 Å². The van der Waals surface area contributed by atoms with E-state index in [4.69, 9.17) is 5.11 Å². The van der Waals surface area contributed by atoms with Crippen LogP contribution in [0, 0.1) is 0 Å². The van der Waals surface area contributed by atoms with E-state index in [-0.39, 0.29) is 6.61 Å². The number of amidine groups is 1. The minimum Gasteiger partial charge on any atom is -0.395 e. The molecule has 3 nitrogen and oxygen atoms in total. The molecule has 0 unspecified atom stereocenters. The van der Waals surface area contributed by atoms with Crippen molar-refractivity contribution in [2.24, 2.45) is 4.99 Å². The number of aliphatic imine (C=N–C) groups is 1. The van der Waals surface area contributed by atoms with Crippen molar-refractivity contribution in [2.75, 3.05) is 26.2 Å². The van der Waals surface area contributed by atoms with Crippen molar-refractivity contribution in [3.8, 4) is 0 Å². The molecule has 0 aromatic carbocycles. The monoisotopic (exact) mass is 224 g/mol. The summed E-state index contributed by atoms with van der Waals surface area (Å²) in [6, 6.07) is 0. The summed E-state index contributed by atoms with van der Waals surface area (Å²) in [5.41, 5.74) is 0. The van der Waals surface area contributed by atoms with E-state index in [1.807, 2.05) is 0 Å². The average Bonchev–Trinajstić information content (AvgIpc) is 2.72. The van der Waals surface area contributed by atoms with Crippen molar-refractivity contribution in [1.82, 2.24) is 4.90 Å². The molecule has 0 saturated heterocycles. The number of nitrogens with zero attached hydrogens (tertiary/aromatic N) is 2. The van der Waals surface area contributed by atoms with Crippen LogP contribution in [0.5, 0.6) is 0 Å². The number of unbranched alkanes of at least 4 members (excludes halogenated alkanes) is 3. The van der Waals surface area contributed by atoms with Gasteiger partial charge in [0.25, 0.3) is 0 Å². The first-order chi connectivity index (χ1) is 7.88. The summed E-state index contributed by atoms with van der Waals surface area (Å²) in [4.78, 5) is 6.70. The second-order valence-corrected chi connectivity index (χ2v) is 4.18. The van der Waals surface area contributed by atoms with Crippen LogP contribution in [0.3, 0.4) is 0 Å². The molecule has 0 aromatic heterocycles. The van der Waals surface area contributed by atoms with E-state index in [2.05, 4.69) is 29.0 Å². The Morgan fingerprint density at radius 1 is 1.38 bits per heavy atom. The molecule has 3 heteroatoms. The van der Waals surface area contributed by atoms with E-state index < -0.39 is 0 Å². The summed E-state index contributed by atoms with van der Waals surface area (Å²) in [7, 11) is 0. The molecule has 0 aliphatic carbocycles. The van der Waals surface area contributed by atoms with Gasteiger partial charge >= 0.3 is 0 Å². The van der Waals surface area contributed by atoms with Crippen LogP contribution < -0.4 is 0 Å². The van der Waals surface area contributed by atoms with Crippen molar-refractivity contribution in [1.29, 1.82) is 0 Å². The highest BCUT2D eigenvalue weighted by Gasteiger charge is 2.14. The van der Waals surface area contributed by atoms with Crippen LogP contribution in [0.2, 0.25) is 0 Å². The molecule has 0 fully saturated rings. The third-order valence-electron chi connectivity index (χ3n) is 2.91. The average molecular weight is 224 g/mol. The number of aliphatic hydroxyl groups excluding tert-OH is 1. The van der Waals surface area contributed by atoms with Gasteiger partial charge in [-0.2, -0.15) is 0 Å². The molecular formula is C13H24N2O. The van der Waals surface area contributed by atoms with E-state index in [0.717, 1.165) is 26.1 Å². The lowest BCUT2D eigenvalue weighted by atomic mass is 10.1. The first-order valence-corrected chi connectivity index (χ1v) is 6.38. The molecule has 1 N–H and O–H groups in total. The van der Waals surface area contributed by atoms with Gasteiger partial charge in [-0.3, -0.25) is 4.99 Å². The fraction of sp³-hybridized carbons (Fsp3) is 0.769. The summed E-state index contributed by atoms with van der Waals surface area (Å²) in [5.74, 6) is 1.21. The van der Waals surface area contributed by atoms with E-state index >= 15 is 0 Å². The quantitative estimate of drug-likeness (QED) is 0.507. The summed E-state index contributed by atoms with van der Waals surface area (Å²) >= 11 is 0. The van der Waals surface area contributed by atoms with Crippen LogP contribution in [0.1, 0.15) is 39.0 Å². The van der Waals surface area contributed by atoms with E-state index in [0.29, 0.717) is 0 Å². The number of hydrogen-bond acceptors (Lipinski definition) is 3. The lowest BCUT2D eigenvalue weighted by Crippen LogP contribution is -2.30. The molecule has 92 valence electrons. The zero-order valence-electron chi connectivity index (χ0n) is 10.4. The number of hydrogen-bond donors (Lipinski definition) is 1. The fourth-order valence-corrected chi connectivity index (χ4v) is 2.02. The lowest BCUT2D eigenvalue weighted by Gasteiger charge is -2.18. The van der Waals surface area contributed by atoms with Crippen molar-refractivity contribution in [2.45, 2.75) is 39.0 Å². The minimum absolute atomic E-state index is 0.236. The molecule has 0 spiro atoms. The highest BCUT2D eigenvalue weighted by molar-refractivity contribution is 5.83. The van der Waals surface area contributed by atoms with Gasteiger partial charge in [-0.1, -0.05) is 18.6 Å². The Bertz CT molecular complexity index is 236. The van der Waals surface area contributed by atoms with Gasteiger partial charge in [-0.15, -0.1) is 0 Å². The number of allylic oxidation sites excluding steroid dienone is 2. The Morgan fingerprint density at radius 3 is 3.00 bits per heavy atom. The maximum Gasteiger partial charge on any atom is 0.0991 e. The Kier molecular flexibility index (Phi) is 6.90. The lowest BCUT2D eigenvalue weighted by molar-refractivity contribution is 0.255. The number of β-amino-alcohol motifs (C(OH)–C–C–N with tert-alkyl or cyclic N) is 1. The van der Waals surface area contributed by atoms with Crippen LogP contribution in [-0.4, -0.2) is 42.1 Å². The van der Waals surface area contributed by atoms with E-state index in [9.17, 15) is 0 Å². The SMILES string of the molecule is C/C=C/CCCCCC1=NCCN1CCO. The Hall–Kier alpha value is -0.830. The normalized spacial score (nSPS) is 16.1. The van der Waals surface area contributed by atoms with Gasteiger partial charge in [0, 0.05) is 19.5 Å². The molecule has 0 radical (unpaired) electrons. The maximum atomic E-state index is 8.91. The molecule has 1 aliphatic heterocycles. The van der Waals surface area contributed by atoms with Crippen LogP contribution in [0.25, 0.3) is 0 Å². The fourth-order valence-electron chi connectivity index (χ4n) is 2.02. The predicted molar refractivity (Wildman–Crippen MR) is 68.9 cm³/mol. The van der Waals surface area contributed by atoms with Crippen molar-refractivity contribution < 1.29 is 5.11 Å². The first-order valence-electron chi connectivity index (χ1n) is 6.38. The Labute approximate surface area is 98.9 Å². The standard InChI is InChI=1S/C13H24N2O/c1-2-3-4-5-6-7-8-13-14-9-10-15(13)11-12-16/h2-3,16H,4-12H2,1H3/b3-2+. The molecule has 0 amide bonds. The zero-order chi connectivity index (χ0) is 11.6. The minimum atomic E-state index is 0.236. The van der Waals surface area contributed by atoms with Gasteiger partial charge in [0.05, 0.1) is 19.0 Å². The van der Waals surface area contributed by atoms with E-state index in [1.54, 1.807) is 0 Å². The molecule has 0 atom stereocenters. The van der Waals surface area contributed by atoms with Gasteiger partial charge in [0.2, 0.25) is 0 Å². The van der Waals surface area contributed by atoms with Gasteiger partial charge in [0.1, 0.15) is 0 Å². The molecular weight excluding hydrogens is 200 g/mol. The van der Waals surface area contributed by atoms with Crippen molar-refractivity contribution in [3.05, 3.63) is 12.2 Å². The molecule has 1 aliphatic rings. The molecule has 1 heterocycles. The smallest absolute Gasteiger partial charge is 0.0991 e. The molecule has 16 heavy (non-hydrogen) atoms. The third kappa shape index (κ3) is 4.79.